The molecule has 1 aromatic carbocycles. The molecule has 0 spiro atoms. The molecule has 0 radical (unpaired) electrons. The van der Waals surface area contributed by atoms with Gasteiger partial charge in [-0.25, -0.2) is 0 Å². The summed E-state index contributed by atoms with van der Waals surface area (Å²) in [5.41, 5.74) is 6.05. The van der Waals surface area contributed by atoms with Crippen molar-refractivity contribution in [3.05, 3.63) is 23.8 Å². The molecule has 0 aromatic heterocycles. The molecule has 0 saturated heterocycles. The number of carbonyl (C=O) groups is 4. The van der Waals surface area contributed by atoms with E-state index in [-0.39, 0.29) is 54.2 Å². The van der Waals surface area contributed by atoms with Crippen molar-refractivity contribution in [3.63, 3.8) is 0 Å². The summed E-state index contributed by atoms with van der Waals surface area (Å²) in [4.78, 5) is 48.9. The van der Waals surface area contributed by atoms with E-state index in [0.717, 1.165) is 0 Å². The van der Waals surface area contributed by atoms with Crippen LogP contribution in [0.1, 0.15) is 86.6 Å². The number of esters is 4. The van der Waals surface area contributed by atoms with Crippen LogP contribution < -0.4 is 15.2 Å². The molecule has 0 amide bonds. The predicted molar refractivity (Wildman–Crippen MR) is 139 cm³/mol. The van der Waals surface area contributed by atoms with Gasteiger partial charge in [-0.05, 0) is 48.3 Å². The van der Waals surface area contributed by atoms with Crippen LogP contribution >= 0.6 is 0 Å². The molecule has 0 heterocycles. The largest absolute Gasteiger partial charge is 0.462 e. The van der Waals surface area contributed by atoms with Gasteiger partial charge in [0.25, 0.3) is 0 Å². The second kappa shape index (κ2) is 14.1. The number of benzene rings is 1. The maximum Gasteiger partial charge on any atom is 0.323 e. The SMILES string of the molecule is CCCC(=O)OC[C@H](C)OC(=O)[C@@H](N)Cc1ccc(OC(=O)CC(C)(C)C)c(OC(=O)CC(C)(C)C)c1. The zero-order valence-corrected chi connectivity index (χ0v) is 23.5. The van der Waals surface area contributed by atoms with Gasteiger partial charge in [0.05, 0.1) is 12.8 Å². The first-order chi connectivity index (χ1) is 17.0. The fourth-order valence-electron chi connectivity index (χ4n) is 3.17. The van der Waals surface area contributed by atoms with Crippen LogP contribution in [0.4, 0.5) is 0 Å². The van der Waals surface area contributed by atoms with Crippen molar-refractivity contribution in [2.24, 2.45) is 16.6 Å². The Balaban J connectivity index is 2.95. The van der Waals surface area contributed by atoms with E-state index in [1.54, 1.807) is 13.0 Å². The quantitative estimate of drug-likeness (QED) is 0.311. The Hall–Kier alpha value is -2.94. The Morgan fingerprint density at radius 2 is 1.41 bits per heavy atom. The van der Waals surface area contributed by atoms with Crippen LogP contribution in [0, 0.1) is 10.8 Å². The lowest BCUT2D eigenvalue weighted by atomic mass is 9.92. The fourth-order valence-corrected chi connectivity index (χ4v) is 3.17. The zero-order valence-electron chi connectivity index (χ0n) is 23.5. The summed E-state index contributed by atoms with van der Waals surface area (Å²) in [7, 11) is 0. The van der Waals surface area contributed by atoms with Gasteiger partial charge in [0.1, 0.15) is 18.8 Å². The van der Waals surface area contributed by atoms with Gasteiger partial charge in [-0.3, -0.25) is 19.2 Å². The second-order valence-electron chi connectivity index (χ2n) is 11.7. The van der Waals surface area contributed by atoms with Gasteiger partial charge in [-0.1, -0.05) is 54.5 Å². The lowest BCUT2D eigenvalue weighted by molar-refractivity contribution is -0.159. The van der Waals surface area contributed by atoms with E-state index < -0.39 is 30.1 Å². The lowest BCUT2D eigenvalue weighted by Gasteiger charge is -2.20. The van der Waals surface area contributed by atoms with Crippen molar-refractivity contribution < 1.29 is 38.1 Å². The van der Waals surface area contributed by atoms with Crippen molar-refractivity contribution >= 4 is 23.9 Å². The Kier molecular flexibility index (Phi) is 12.2. The number of hydrogen-bond donors (Lipinski definition) is 1. The minimum Gasteiger partial charge on any atom is -0.462 e. The molecule has 0 aliphatic heterocycles. The minimum absolute atomic E-state index is 0.0558. The molecule has 2 N–H and O–H groups in total. The molecule has 0 aliphatic rings. The molecule has 1 aromatic rings. The highest BCUT2D eigenvalue weighted by Gasteiger charge is 2.24. The van der Waals surface area contributed by atoms with E-state index in [4.69, 9.17) is 24.7 Å². The molecule has 0 bridgehead atoms. The molecule has 0 saturated carbocycles. The van der Waals surface area contributed by atoms with Crippen LogP contribution in [0.2, 0.25) is 0 Å². The van der Waals surface area contributed by atoms with Crippen LogP contribution in [0.15, 0.2) is 18.2 Å². The summed E-state index contributed by atoms with van der Waals surface area (Å²) in [5, 5.41) is 0. The molecule has 37 heavy (non-hydrogen) atoms. The zero-order chi connectivity index (χ0) is 28.4. The average Bonchev–Trinajstić information content (AvgIpc) is 2.71. The fraction of sp³-hybridized carbons (Fsp3) is 0.643. The van der Waals surface area contributed by atoms with Crippen LogP contribution in [-0.2, 0) is 35.1 Å². The normalized spacial score (nSPS) is 13.3. The smallest absolute Gasteiger partial charge is 0.323 e. The number of carbonyl (C=O) groups excluding carboxylic acids is 4. The van der Waals surface area contributed by atoms with Crippen molar-refractivity contribution in [3.8, 4) is 11.5 Å². The van der Waals surface area contributed by atoms with E-state index >= 15 is 0 Å². The van der Waals surface area contributed by atoms with Gasteiger partial charge in [-0.2, -0.15) is 0 Å². The molecule has 0 aliphatic carbocycles. The summed E-state index contributed by atoms with van der Waals surface area (Å²) in [6.45, 7) is 14.9. The van der Waals surface area contributed by atoms with Gasteiger partial charge >= 0.3 is 23.9 Å². The molecule has 0 unspecified atom stereocenters. The summed E-state index contributed by atoms with van der Waals surface area (Å²) in [6, 6.07) is 3.68. The van der Waals surface area contributed by atoms with E-state index in [0.29, 0.717) is 18.4 Å². The lowest BCUT2D eigenvalue weighted by Crippen LogP contribution is -2.37. The van der Waals surface area contributed by atoms with E-state index in [1.165, 1.54) is 12.1 Å². The summed E-state index contributed by atoms with van der Waals surface area (Å²) < 4.78 is 21.4. The van der Waals surface area contributed by atoms with E-state index in [9.17, 15) is 19.2 Å². The minimum atomic E-state index is -1.01. The van der Waals surface area contributed by atoms with Crippen LogP contribution in [0.25, 0.3) is 0 Å². The van der Waals surface area contributed by atoms with Crippen LogP contribution in [-0.4, -0.2) is 42.6 Å². The molecule has 208 valence electrons. The average molecular weight is 522 g/mol. The Bertz CT molecular complexity index is 942. The first kappa shape index (κ1) is 32.1. The second-order valence-corrected chi connectivity index (χ2v) is 11.7. The molecule has 9 nitrogen and oxygen atoms in total. The van der Waals surface area contributed by atoms with Crippen LogP contribution in [0.5, 0.6) is 11.5 Å². The molecular formula is C28H43NO8. The predicted octanol–water partition coefficient (Wildman–Crippen LogP) is 4.51. The third-order valence-corrected chi connectivity index (χ3v) is 4.81. The van der Waals surface area contributed by atoms with Gasteiger partial charge in [-0.15, -0.1) is 0 Å². The first-order valence-corrected chi connectivity index (χ1v) is 12.6. The Morgan fingerprint density at radius 3 is 1.92 bits per heavy atom. The Labute approximate surface area is 220 Å². The van der Waals surface area contributed by atoms with Gasteiger partial charge in [0.2, 0.25) is 0 Å². The van der Waals surface area contributed by atoms with Gasteiger partial charge in [0, 0.05) is 6.42 Å². The van der Waals surface area contributed by atoms with E-state index in [1.807, 2.05) is 48.5 Å². The number of rotatable bonds is 12. The van der Waals surface area contributed by atoms with Crippen molar-refractivity contribution in [1.29, 1.82) is 0 Å². The van der Waals surface area contributed by atoms with Crippen molar-refractivity contribution in [2.45, 2.75) is 99.6 Å². The molecule has 9 heteroatoms. The van der Waals surface area contributed by atoms with Gasteiger partial charge in [0.15, 0.2) is 11.5 Å². The maximum absolute atomic E-state index is 12.5. The third kappa shape index (κ3) is 13.8. The summed E-state index contributed by atoms with van der Waals surface area (Å²) in [6.07, 6.45) is 0.718. The molecular weight excluding hydrogens is 478 g/mol. The number of hydrogen-bond acceptors (Lipinski definition) is 9. The van der Waals surface area contributed by atoms with E-state index in [2.05, 4.69) is 0 Å². The molecule has 0 fully saturated rings. The molecule has 1 rings (SSSR count). The Morgan fingerprint density at radius 1 is 0.865 bits per heavy atom. The third-order valence-electron chi connectivity index (χ3n) is 4.81. The summed E-state index contributed by atoms with van der Waals surface area (Å²) in [5.74, 6) is -1.77. The number of ether oxygens (including phenoxy) is 4. The first-order valence-electron chi connectivity index (χ1n) is 12.6. The van der Waals surface area contributed by atoms with Crippen LogP contribution in [0.3, 0.4) is 0 Å². The standard InChI is InChI=1S/C28H43NO8/c1-9-10-23(30)34-17-18(2)35-26(33)20(29)13-19-11-12-21(36-24(31)15-27(3,4)5)22(14-19)37-25(32)16-28(6,7)8/h11-12,14,18,20H,9-10,13,15-17,29H2,1-8H3/t18-,20-/m0/s1. The molecule has 2 atom stereocenters. The van der Waals surface area contributed by atoms with Gasteiger partial charge < -0.3 is 24.7 Å². The maximum atomic E-state index is 12.5. The van der Waals surface area contributed by atoms with Crippen molar-refractivity contribution in [1.82, 2.24) is 0 Å². The monoisotopic (exact) mass is 521 g/mol. The topological polar surface area (TPSA) is 131 Å². The highest BCUT2D eigenvalue weighted by molar-refractivity contribution is 5.78. The highest BCUT2D eigenvalue weighted by atomic mass is 16.6. The highest BCUT2D eigenvalue weighted by Crippen LogP contribution is 2.32. The number of nitrogens with two attached hydrogens (primary N) is 1. The van der Waals surface area contributed by atoms with Crippen molar-refractivity contribution in [2.75, 3.05) is 6.61 Å². The summed E-state index contributed by atoms with van der Waals surface area (Å²) >= 11 is 0.